The van der Waals surface area contributed by atoms with Crippen molar-refractivity contribution >= 4 is 0 Å². The van der Waals surface area contributed by atoms with Crippen molar-refractivity contribution < 1.29 is 0 Å². The predicted molar refractivity (Wildman–Crippen MR) is 69.6 cm³/mol. The highest BCUT2D eigenvalue weighted by Crippen LogP contribution is 2.29. The molecule has 0 amide bonds. The molecule has 2 saturated heterocycles. The van der Waals surface area contributed by atoms with Gasteiger partial charge < -0.3 is 5.32 Å². The lowest BCUT2D eigenvalue weighted by Crippen LogP contribution is -2.49. The Bertz CT molecular complexity index is 215. The van der Waals surface area contributed by atoms with Gasteiger partial charge in [0.05, 0.1) is 0 Å². The van der Waals surface area contributed by atoms with E-state index in [1.807, 2.05) is 0 Å². The average molecular weight is 224 g/mol. The molecule has 2 fully saturated rings. The zero-order chi connectivity index (χ0) is 11.5. The van der Waals surface area contributed by atoms with Gasteiger partial charge in [0.15, 0.2) is 0 Å². The molecule has 0 spiro atoms. The number of fused-ring (bicyclic) bond motifs is 1. The molecule has 0 saturated carbocycles. The second-order valence-corrected chi connectivity index (χ2v) is 6.19. The molecular weight excluding hydrogens is 196 g/mol. The van der Waals surface area contributed by atoms with E-state index in [-0.39, 0.29) is 0 Å². The maximum absolute atomic E-state index is 3.57. The summed E-state index contributed by atoms with van der Waals surface area (Å²) < 4.78 is 0. The first-order valence-electron chi connectivity index (χ1n) is 7.15. The van der Waals surface area contributed by atoms with E-state index in [0.29, 0.717) is 0 Å². The molecule has 94 valence electrons. The van der Waals surface area contributed by atoms with Gasteiger partial charge in [-0.1, -0.05) is 13.8 Å². The van der Waals surface area contributed by atoms with Crippen LogP contribution in [0.5, 0.6) is 0 Å². The first-order chi connectivity index (χ1) is 7.68. The summed E-state index contributed by atoms with van der Waals surface area (Å²) in [6.45, 7) is 10.9. The smallest absolute Gasteiger partial charge is 0.0263 e. The SMILES string of the molecule is CC(C)CCC(C)N1CCCC2CNCC21. The Morgan fingerprint density at radius 2 is 2.00 bits per heavy atom. The van der Waals surface area contributed by atoms with Crippen LogP contribution < -0.4 is 5.32 Å². The predicted octanol–water partition coefficient (Wildman–Crippen LogP) is 2.49. The van der Waals surface area contributed by atoms with Gasteiger partial charge in [-0.2, -0.15) is 0 Å². The molecule has 2 heteroatoms. The largest absolute Gasteiger partial charge is 0.315 e. The highest BCUT2D eigenvalue weighted by molar-refractivity contribution is 4.93. The summed E-state index contributed by atoms with van der Waals surface area (Å²) >= 11 is 0. The molecule has 2 aliphatic rings. The van der Waals surface area contributed by atoms with Crippen molar-refractivity contribution in [1.82, 2.24) is 10.2 Å². The lowest BCUT2D eigenvalue weighted by atomic mass is 9.90. The Hall–Kier alpha value is -0.0800. The Balaban J connectivity index is 1.86. The summed E-state index contributed by atoms with van der Waals surface area (Å²) in [5, 5.41) is 3.57. The van der Waals surface area contributed by atoms with Gasteiger partial charge in [-0.15, -0.1) is 0 Å². The molecule has 0 aromatic rings. The molecule has 2 heterocycles. The number of nitrogens with zero attached hydrogens (tertiary/aromatic N) is 1. The quantitative estimate of drug-likeness (QED) is 0.789. The number of piperidine rings is 1. The summed E-state index contributed by atoms with van der Waals surface area (Å²) in [5.41, 5.74) is 0. The molecule has 3 unspecified atom stereocenters. The lowest BCUT2D eigenvalue weighted by molar-refractivity contribution is 0.0782. The van der Waals surface area contributed by atoms with Crippen molar-refractivity contribution in [2.24, 2.45) is 11.8 Å². The molecule has 16 heavy (non-hydrogen) atoms. The lowest BCUT2D eigenvalue weighted by Gasteiger charge is -2.41. The number of likely N-dealkylation sites (tertiary alicyclic amines) is 1. The van der Waals surface area contributed by atoms with E-state index in [0.717, 1.165) is 23.9 Å². The van der Waals surface area contributed by atoms with Crippen molar-refractivity contribution in [3.8, 4) is 0 Å². The van der Waals surface area contributed by atoms with Gasteiger partial charge in [-0.3, -0.25) is 4.90 Å². The first kappa shape index (κ1) is 12.4. The Labute approximate surface area is 101 Å². The molecule has 2 rings (SSSR count). The van der Waals surface area contributed by atoms with Crippen LogP contribution >= 0.6 is 0 Å². The van der Waals surface area contributed by atoms with Crippen LogP contribution in [0.2, 0.25) is 0 Å². The van der Waals surface area contributed by atoms with Gasteiger partial charge in [0.25, 0.3) is 0 Å². The van der Waals surface area contributed by atoms with Gasteiger partial charge in [-0.05, 0) is 57.5 Å². The number of rotatable bonds is 4. The van der Waals surface area contributed by atoms with Crippen LogP contribution in [0.1, 0.15) is 46.5 Å². The Morgan fingerprint density at radius 1 is 1.19 bits per heavy atom. The zero-order valence-electron chi connectivity index (χ0n) is 11.2. The van der Waals surface area contributed by atoms with E-state index in [1.54, 1.807) is 0 Å². The molecule has 0 aliphatic carbocycles. The number of hydrogen-bond donors (Lipinski definition) is 1. The molecule has 2 aliphatic heterocycles. The van der Waals surface area contributed by atoms with Crippen molar-refractivity contribution in [1.29, 1.82) is 0 Å². The third-order valence-electron chi connectivity index (χ3n) is 4.45. The second-order valence-electron chi connectivity index (χ2n) is 6.19. The Kier molecular flexibility index (Phi) is 4.26. The van der Waals surface area contributed by atoms with E-state index < -0.39 is 0 Å². The molecule has 0 aromatic heterocycles. The number of nitrogens with one attached hydrogen (secondary N) is 1. The second kappa shape index (κ2) is 5.50. The van der Waals surface area contributed by atoms with E-state index in [2.05, 4.69) is 31.0 Å². The normalized spacial score (nSPS) is 33.0. The van der Waals surface area contributed by atoms with Crippen molar-refractivity contribution in [3.05, 3.63) is 0 Å². The summed E-state index contributed by atoms with van der Waals surface area (Å²) in [6, 6.07) is 1.63. The third kappa shape index (κ3) is 2.78. The van der Waals surface area contributed by atoms with Crippen LogP contribution in [0.4, 0.5) is 0 Å². The van der Waals surface area contributed by atoms with Gasteiger partial charge in [0.1, 0.15) is 0 Å². The maximum atomic E-state index is 3.57. The minimum atomic E-state index is 0.787. The fraction of sp³-hybridized carbons (Fsp3) is 1.00. The summed E-state index contributed by atoms with van der Waals surface area (Å²) in [4.78, 5) is 2.79. The molecule has 0 aromatic carbocycles. The molecule has 0 radical (unpaired) electrons. The fourth-order valence-corrected chi connectivity index (χ4v) is 3.39. The van der Waals surface area contributed by atoms with Crippen LogP contribution in [0, 0.1) is 11.8 Å². The fourth-order valence-electron chi connectivity index (χ4n) is 3.39. The monoisotopic (exact) mass is 224 g/mol. The van der Waals surface area contributed by atoms with Gasteiger partial charge in [0, 0.05) is 18.6 Å². The minimum Gasteiger partial charge on any atom is -0.315 e. The number of hydrogen-bond acceptors (Lipinski definition) is 2. The van der Waals surface area contributed by atoms with E-state index in [4.69, 9.17) is 0 Å². The molecule has 2 nitrogen and oxygen atoms in total. The Morgan fingerprint density at radius 3 is 2.75 bits per heavy atom. The third-order valence-corrected chi connectivity index (χ3v) is 4.45. The van der Waals surface area contributed by atoms with Crippen LogP contribution in [0.3, 0.4) is 0 Å². The van der Waals surface area contributed by atoms with Crippen LogP contribution in [0.15, 0.2) is 0 Å². The highest BCUT2D eigenvalue weighted by Gasteiger charge is 2.36. The zero-order valence-corrected chi connectivity index (χ0v) is 11.2. The minimum absolute atomic E-state index is 0.787. The highest BCUT2D eigenvalue weighted by atomic mass is 15.2. The van der Waals surface area contributed by atoms with E-state index in [9.17, 15) is 0 Å². The first-order valence-corrected chi connectivity index (χ1v) is 7.15. The van der Waals surface area contributed by atoms with Crippen molar-refractivity contribution in [3.63, 3.8) is 0 Å². The average Bonchev–Trinajstić information content (AvgIpc) is 2.73. The van der Waals surface area contributed by atoms with Crippen molar-refractivity contribution in [2.45, 2.75) is 58.5 Å². The van der Waals surface area contributed by atoms with Gasteiger partial charge in [0.2, 0.25) is 0 Å². The standard InChI is InChI=1S/C14H28N2/c1-11(2)6-7-12(3)16-8-4-5-13-9-15-10-14(13)16/h11-15H,4-10H2,1-3H3. The van der Waals surface area contributed by atoms with Gasteiger partial charge in [-0.25, -0.2) is 0 Å². The van der Waals surface area contributed by atoms with Gasteiger partial charge >= 0.3 is 0 Å². The maximum Gasteiger partial charge on any atom is 0.0263 e. The molecule has 1 N–H and O–H groups in total. The van der Waals surface area contributed by atoms with Crippen LogP contribution in [-0.4, -0.2) is 36.6 Å². The van der Waals surface area contributed by atoms with E-state index >= 15 is 0 Å². The van der Waals surface area contributed by atoms with Crippen LogP contribution in [-0.2, 0) is 0 Å². The molecule has 3 atom stereocenters. The van der Waals surface area contributed by atoms with E-state index in [1.165, 1.54) is 45.3 Å². The summed E-state index contributed by atoms with van der Waals surface area (Å²) in [5.74, 6) is 1.79. The van der Waals surface area contributed by atoms with Crippen LogP contribution in [0.25, 0.3) is 0 Å². The summed E-state index contributed by atoms with van der Waals surface area (Å²) in [6.07, 6.45) is 5.61. The molecular formula is C14H28N2. The summed E-state index contributed by atoms with van der Waals surface area (Å²) in [7, 11) is 0. The topological polar surface area (TPSA) is 15.3 Å². The molecule has 0 bridgehead atoms. The van der Waals surface area contributed by atoms with Crippen molar-refractivity contribution in [2.75, 3.05) is 19.6 Å².